The summed E-state index contributed by atoms with van der Waals surface area (Å²) in [5.41, 5.74) is 13.4. The fourth-order valence-corrected chi connectivity index (χ4v) is 2.43. The van der Waals surface area contributed by atoms with E-state index in [1.165, 1.54) is 15.6 Å². The van der Waals surface area contributed by atoms with Crippen LogP contribution in [0.5, 0.6) is 0 Å². The zero-order chi connectivity index (χ0) is 9.26. The molecule has 0 aliphatic heterocycles. The van der Waals surface area contributed by atoms with Crippen molar-refractivity contribution >= 4 is 27.1 Å². The molecule has 0 saturated heterocycles. The minimum Gasteiger partial charge on any atom is -0.399 e. The molecule has 2 aromatic rings. The molecule has 2 rings (SSSR count). The smallest absolute Gasteiger partial charge is 0.0347 e. The van der Waals surface area contributed by atoms with E-state index in [0.29, 0.717) is 6.54 Å². The van der Waals surface area contributed by atoms with Gasteiger partial charge < -0.3 is 11.5 Å². The molecule has 3 heteroatoms. The second-order valence-electron chi connectivity index (χ2n) is 3.06. The van der Waals surface area contributed by atoms with Crippen LogP contribution in [0.1, 0.15) is 5.56 Å². The molecule has 0 fully saturated rings. The average molecular weight is 192 g/mol. The maximum absolute atomic E-state index is 5.72. The van der Waals surface area contributed by atoms with Gasteiger partial charge in [-0.25, -0.2) is 0 Å². The summed E-state index contributed by atoms with van der Waals surface area (Å²) in [6.45, 7) is 0.695. The van der Waals surface area contributed by atoms with Crippen LogP contribution in [0.25, 0.3) is 10.1 Å². The highest BCUT2D eigenvalue weighted by Gasteiger charge is 2.02. The lowest BCUT2D eigenvalue weighted by molar-refractivity contribution is 0.981. The van der Waals surface area contributed by atoms with Gasteiger partial charge in [0.1, 0.15) is 0 Å². The van der Waals surface area contributed by atoms with Crippen LogP contribution in [0.3, 0.4) is 0 Å². The van der Waals surface area contributed by atoms with E-state index in [2.05, 4.69) is 11.4 Å². The zero-order valence-corrected chi connectivity index (χ0v) is 8.10. The maximum Gasteiger partial charge on any atom is 0.0347 e. The highest BCUT2D eigenvalue weighted by molar-refractivity contribution is 7.17. The summed E-state index contributed by atoms with van der Waals surface area (Å²) in [6.07, 6.45) is 0.934. The minimum atomic E-state index is 0.695. The molecule has 0 unspecified atom stereocenters. The Labute approximate surface area is 81.2 Å². The summed E-state index contributed by atoms with van der Waals surface area (Å²) in [5.74, 6) is 0. The number of hydrogen-bond acceptors (Lipinski definition) is 3. The van der Waals surface area contributed by atoms with Gasteiger partial charge in [0.05, 0.1) is 0 Å². The van der Waals surface area contributed by atoms with Crippen molar-refractivity contribution in [3.05, 3.63) is 29.1 Å². The molecule has 0 bridgehead atoms. The van der Waals surface area contributed by atoms with Gasteiger partial charge in [0, 0.05) is 10.4 Å². The Morgan fingerprint density at radius 1 is 1.31 bits per heavy atom. The molecule has 0 aliphatic rings. The van der Waals surface area contributed by atoms with Crippen molar-refractivity contribution in [2.24, 2.45) is 5.73 Å². The fourth-order valence-electron chi connectivity index (χ4n) is 1.45. The Morgan fingerprint density at radius 3 is 2.92 bits per heavy atom. The van der Waals surface area contributed by atoms with Crippen molar-refractivity contribution in [2.45, 2.75) is 6.42 Å². The normalized spacial score (nSPS) is 10.8. The maximum atomic E-state index is 5.72. The molecule has 0 atom stereocenters. The summed E-state index contributed by atoms with van der Waals surface area (Å²) in [6, 6.07) is 6.03. The first-order valence-corrected chi connectivity index (χ1v) is 5.15. The van der Waals surface area contributed by atoms with Gasteiger partial charge in [-0.05, 0) is 47.5 Å². The molecule has 68 valence electrons. The first kappa shape index (κ1) is 8.53. The van der Waals surface area contributed by atoms with Crippen LogP contribution in [-0.2, 0) is 6.42 Å². The van der Waals surface area contributed by atoms with Crippen molar-refractivity contribution < 1.29 is 0 Å². The van der Waals surface area contributed by atoms with Gasteiger partial charge in [-0.15, -0.1) is 11.3 Å². The van der Waals surface area contributed by atoms with Gasteiger partial charge in [0.2, 0.25) is 0 Å². The topological polar surface area (TPSA) is 52.0 Å². The van der Waals surface area contributed by atoms with Gasteiger partial charge in [0.15, 0.2) is 0 Å². The molecular formula is C10H12N2S. The second kappa shape index (κ2) is 3.36. The average Bonchev–Trinajstić information content (AvgIpc) is 2.49. The van der Waals surface area contributed by atoms with Crippen molar-refractivity contribution in [3.63, 3.8) is 0 Å². The Balaban J connectivity index is 2.58. The van der Waals surface area contributed by atoms with E-state index in [-0.39, 0.29) is 0 Å². The third-order valence-corrected chi connectivity index (χ3v) is 3.10. The number of anilines is 1. The summed E-state index contributed by atoms with van der Waals surface area (Å²) < 4.78 is 1.29. The van der Waals surface area contributed by atoms with Crippen molar-refractivity contribution in [1.29, 1.82) is 0 Å². The highest BCUT2D eigenvalue weighted by atomic mass is 32.1. The van der Waals surface area contributed by atoms with E-state index in [1.54, 1.807) is 11.3 Å². The number of nitrogen functional groups attached to an aromatic ring is 1. The van der Waals surface area contributed by atoms with Crippen LogP contribution in [0.15, 0.2) is 23.6 Å². The van der Waals surface area contributed by atoms with E-state index in [0.717, 1.165) is 12.1 Å². The zero-order valence-electron chi connectivity index (χ0n) is 7.29. The van der Waals surface area contributed by atoms with E-state index in [9.17, 15) is 0 Å². The Hall–Kier alpha value is -1.06. The molecule has 0 amide bonds. The predicted octanol–water partition coefficient (Wildman–Crippen LogP) is 1.98. The lowest BCUT2D eigenvalue weighted by Crippen LogP contribution is -2.01. The largest absolute Gasteiger partial charge is 0.399 e. The molecule has 0 radical (unpaired) electrons. The lowest BCUT2D eigenvalue weighted by Gasteiger charge is -1.97. The van der Waals surface area contributed by atoms with Crippen LogP contribution >= 0.6 is 11.3 Å². The Morgan fingerprint density at radius 2 is 2.15 bits per heavy atom. The number of nitrogens with two attached hydrogens (primary N) is 2. The predicted molar refractivity (Wildman–Crippen MR) is 59.0 cm³/mol. The number of fused-ring (bicyclic) bond motifs is 1. The molecule has 1 heterocycles. The Bertz CT molecular complexity index is 420. The number of benzene rings is 1. The first-order valence-electron chi connectivity index (χ1n) is 4.27. The molecule has 1 aromatic carbocycles. The summed E-state index contributed by atoms with van der Waals surface area (Å²) in [7, 11) is 0. The van der Waals surface area contributed by atoms with Crippen molar-refractivity contribution in [1.82, 2.24) is 0 Å². The molecular weight excluding hydrogens is 180 g/mol. The first-order chi connectivity index (χ1) is 6.31. The summed E-state index contributed by atoms with van der Waals surface area (Å²) >= 11 is 1.75. The summed E-state index contributed by atoms with van der Waals surface area (Å²) in [5, 5.41) is 3.42. The van der Waals surface area contributed by atoms with E-state index < -0.39 is 0 Å². The molecule has 2 nitrogen and oxygen atoms in total. The number of thiophene rings is 1. The third-order valence-electron chi connectivity index (χ3n) is 2.09. The quantitative estimate of drug-likeness (QED) is 0.715. The van der Waals surface area contributed by atoms with Gasteiger partial charge in [-0.1, -0.05) is 0 Å². The summed E-state index contributed by atoms with van der Waals surface area (Å²) in [4.78, 5) is 0. The van der Waals surface area contributed by atoms with E-state index in [1.807, 2.05) is 12.1 Å². The van der Waals surface area contributed by atoms with Gasteiger partial charge in [-0.2, -0.15) is 0 Å². The number of hydrogen-bond donors (Lipinski definition) is 2. The van der Waals surface area contributed by atoms with Gasteiger partial charge >= 0.3 is 0 Å². The van der Waals surface area contributed by atoms with Gasteiger partial charge in [0.25, 0.3) is 0 Å². The Kier molecular flexibility index (Phi) is 2.20. The van der Waals surface area contributed by atoms with Gasteiger partial charge in [-0.3, -0.25) is 0 Å². The molecule has 0 aliphatic carbocycles. The van der Waals surface area contributed by atoms with Crippen molar-refractivity contribution in [3.8, 4) is 0 Å². The van der Waals surface area contributed by atoms with Crippen LogP contribution in [0.2, 0.25) is 0 Å². The molecule has 1 aromatic heterocycles. The van der Waals surface area contributed by atoms with E-state index >= 15 is 0 Å². The standard InChI is InChI=1S/C10H12N2S/c11-4-3-7-6-13-10-2-1-8(12)5-9(7)10/h1-2,5-6H,3-4,11-12H2. The van der Waals surface area contributed by atoms with Crippen LogP contribution in [0, 0.1) is 0 Å². The fraction of sp³-hybridized carbons (Fsp3) is 0.200. The number of rotatable bonds is 2. The second-order valence-corrected chi connectivity index (χ2v) is 3.97. The van der Waals surface area contributed by atoms with Crippen LogP contribution < -0.4 is 11.5 Å². The SMILES string of the molecule is NCCc1csc2ccc(N)cc12. The minimum absolute atomic E-state index is 0.695. The van der Waals surface area contributed by atoms with Crippen LogP contribution in [-0.4, -0.2) is 6.54 Å². The molecule has 0 saturated carbocycles. The molecule has 0 spiro atoms. The highest BCUT2D eigenvalue weighted by Crippen LogP contribution is 2.27. The van der Waals surface area contributed by atoms with E-state index in [4.69, 9.17) is 11.5 Å². The third kappa shape index (κ3) is 1.53. The monoisotopic (exact) mass is 192 g/mol. The van der Waals surface area contributed by atoms with Crippen molar-refractivity contribution in [2.75, 3.05) is 12.3 Å². The lowest BCUT2D eigenvalue weighted by atomic mass is 10.1. The molecule has 4 N–H and O–H groups in total. The van der Waals surface area contributed by atoms with Crippen LogP contribution in [0.4, 0.5) is 5.69 Å². The molecule has 13 heavy (non-hydrogen) atoms.